The third kappa shape index (κ3) is 6.20. The summed E-state index contributed by atoms with van der Waals surface area (Å²) in [6.07, 6.45) is -4.96. The van der Waals surface area contributed by atoms with E-state index in [0.717, 1.165) is 15.7 Å². The normalized spacial score (nSPS) is 14.7. The minimum atomic E-state index is -1.73. The van der Waals surface area contributed by atoms with Gasteiger partial charge in [-0.2, -0.15) is 0 Å². The van der Waals surface area contributed by atoms with Crippen molar-refractivity contribution in [3.63, 3.8) is 0 Å². The van der Waals surface area contributed by atoms with Crippen LogP contribution in [0.2, 0.25) is 0 Å². The second-order valence-corrected chi connectivity index (χ2v) is 9.09. The molecule has 4 atom stereocenters. The Morgan fingerprint density at radius 1 is 1.03 bits per heavy atom. The van der Waals surface area contributed by atoms with Gasteiger partial charge in [0.05, 0.1) is 30.1 Å². The summed E-state index contributed by atoms with van der Waals surface area (Å²) in [6.45, 7) is 4.05. The van der Waals surface area contributed by atoms with Gasteiger partial charge in [-0.3, -0.25) is 14.4 Å². The van der Waals surface area contributed by atoms with E-state index in [9.17, 15) is 29.7 Å². The molecule has 11 heteroatoms. The van der Waals surface area contributed by atoms with Crippen LogP contribution in [0.4, 0.5) is 0 Å². The molecule has 1 unspecified atom stereocenters. The summed E-state index contributed by atoms with van der Waals surface area (Å²) in [7, 11) is 0. The standard InChI is InChI=1S/C26H31N3O8/c1-13-8-18-19(9-14(13)2)29(11-20(31)23(33)21(32)12-30)25(35)22(28-18)24(34)27-10-16-4-6-17(7-5-16)15(3)26(36)37/h4-9,15,20-21,23,30-33H,10-12H2,1-3H3,(H,27,34)(H,36,37)/t15?,20-,21+,23-/m0/s1. The van der Waals surface area contributed by atoms with Crippen LogP contribution in [0, 0.1) is 13.8 Å². The minimum absolute atomic E-state index is 0.0523. The summed E-state index contributed by atoms with van der Waals surface area (Å²) in [6, 6.07) is 10.0. The van der Waals surface area contributed by atoms with E-state index in [-0.39, 0.29) is 6.54 Å². The van der Waals surface area contributed by atoms with E-state index in [1.807, 2.05) is 13.8 Å². The molecule has 0 bridgehead atoms. The van der Waals surface area contributed by atoms with E-state index in [2.05, 4.69) is 10.3 Å². The van der Waals surface area contributed by atoms with Crippen molar-refractivity contribution in [2.24, 2.45) is 0 Å². The third-order valence-electron chi connectivity index (χ3n) is 6.43. The number of benzene rings is 2. The fraction of sp³-hybridized carbons (Fsp3) is 0.385. The highest BCUT2D eigenvalue weighted by atomic mass is 16.4. The number of aliphatic carboxylic acids is 1. The fourth-order valence-electron chi connectivity index (χ4n) is 3.82. The lowest BCUT2D eigenvalue weighted by Gasteiger charge is -2.23. The number of aromatic nitrogens is 2. The molecule has 0 aliphatic carbocycles. The Bertz CT molecular complexity index is 1350. The number of rotatable bonds is 10. The SMILES string of the molecule is Cc1cc2nc(C(=O)NCc3ccc(C(C)C(=O)O)cc3)c(=O)n(C[C@H](O)[C@H](O)[C@H](O)CO)c2cc1C. The molecule has 0 aliphatic heterocycles. The number of nitrogens with one attached hydrogen (secondary N) is 1. The Morgan fingerprint density at radius 2 is 1.65 bits per heavy atom. The molecule has 1 heterocycles. The number of carbonyl (C=O) groups excluding carboxylic acids is 1. The molecule has 0 radical (unpaired) electrons. The first kappa shape index (κ1) is 27.9. The van der Waals surface area contributed by atoms with Crippen LogP contribution < -0.4 is 10.9 Å². The van der Waals surface area contributed by atoms with Crippen molar-refractivity contribution in [1.82, 2.24) is 14.9 Å². The molecule has 0 spiro atoms. The number of hydrogen-bond acceptors (Lipinski definition) is 8. The van der Waals surface area contributed by atoms with Crippen molar-refractivity contribution >= 4 is 22.9 Å². The van der Waals surface area contributed by atoms with Gasteiger partial charge >= 0.3 is 5.97 Å². The zero-order chi connectivity index (χ0) is 27.4. The molecule has 1 amide bonds. The second-order valence-electron chi connectivity index (χ2n) is 9.09. The number of nitrogens with zero attached hydrogens (tertiary/aromatic N) is 2. The molecule has 37 heavy (non-hydrogen) atoms. The Hall–Kier alpha value is -3.64. The number of hydrogen-bond donors (Lipinski definition) is 6. The monoisotopic (exact) mass is 513 g/mol. The number of aliphatic hydroxyl groups excluding tert-OH is 4. The maximum atomic E-state index is 13.3. The van der Waals surface area contributed by atoms with Crippen LogP contribution >= 0.6 is 0 Å². The molecule has 1 aromatic heterocycles. The molecule has 2 aromatic carbocycles. The lowest BCUT2D eigenvalue weighted by Crippen LogP contribution is -2.44. The van der Waals surface area contributed by atoms with Crippen molar-refractivity contribution < 1.29 is 35.1 Å². The van der Waals surface area contributed by atoms with Gasteiger partial charge in [-0.15, -0.1) is 0 Å². The van der Waals surface area contributed by atoms with E-state index in [4.69, 9.17) is 10.2 Å². The number of carboxylic acids is 1. The van der Waals surface area contributed by atoms with Gasteiger partial charge < -0.3 is 35.4 Å². The topological polar surface area (TPSA) is 182 Å². The van der Waals surface area contributed by atoms with Gasteiger partial charge in [0.25, 0.3) is 11.5 Å². The van der Waals surface area contributed by atoms with Crippen LogP contribution in [0.15, 0.2) is 41.2 Å². The first-order valence-corrected chi connectivity index (χ1v) is 11.7. The predicted octanol–water partition coefficient (Wildman–Crippen LogP) is 0.206. The van der Waals surface area contributed by atoms with Gasteiger partial charge in [0.2, 0.25) is 0 Å². The summed E-state index contributed by atoms with van der Waals surface area (Å²) in [5.74, 6) is -2.38. The summed E-state index contributed by atoms with van der Waals surface area (Å²) in [5.41, 5.74) is 2.43. The highest BCUT2D eigenvalue weighted by Crippen LogP contribution is 2.19. The fourth-order valence-corrected chi connectivity index (χ4v) is 3.82. The number of amides is 1. The van der Waals surface area contributed by atoms with E-state index in [1.165, 1.54) is 0 Å². The molecule has 0 saturated heterocycles. The van der Waals surface area contributed by atoms with Crippen molar-refractivity contribution in [1.29, 1.82) is 0 Å². The maximum Gasteiger partial charge on any atom is 0.310 e. The van der Waals surface area contributed by atoms with Crippen LogP contribution in [-0.4, -0.2) is 71.9 Å². The smallest absolute Gasteiger partial charge is 0.310 e. The quantitative estimate of drug-likeness (QED) is 0.221. The summed E-state index contributed by atoms with van der Waals surface area (Å²) in [4.78, 5) is 41.7. The molecule has 0 aliphatic rings. The van der Waals surface area contributed by atoms with Gasteiger partial charge in [-0.1, -0.05) is 24.3 Å². The molecule has 6 N–H and O–H groups in total. The third-order valence-corrected chi connectivity index (χ3v) is 6.43. The molecule has 3 rings (SSSR count). The number of carboxylic acid groups (broad SMARTS) is 1. The van der Waals surface area contributed by atoms with E-state index in [0.29, 0.717) is 22.2 Å². The Balaban J connectivity index is 1.92. The average molecular weight is 514 g/mol. The predicted molar refractivity (Wildman–Crippen MR) is 134 cm³/mol. The van der Waals surface area contributed by atoms with Gasteiger partial charge in [-0.25, -0.2) is 4.98 Å². The number of aryl methyl sites for hydroxylation is 2. The highest BCUT2D eigenvalue weighted by molar-refractivity contribution is 5.94. The average Bonchev–Trinajstić information content (AvgIpc) is 2.88. The minimum Gasteiger partial charge on any atom is -0.481 e. The molecule has 0 fully saturated rings. The number of carbonyl (C=O) groups is 2. The van der Waals surface area contributed by atoms with Crippen molar-refractivity contribution in [2.75, 3.05) is 6.61 Å². The molecule has 3 aromatic rings. The van der Waals surface area contributed by atoms with Gasteiger partial charge in [0, 0.05) is 6.54 Å². The van der Waals surface area contributed by atoms with E-state index < -0.39 is 60.5 Å². The Labute approximate surface area is 212 Å². The van der Waals surface area contributed by atoms with Crippen molar-refractivity contribution in [3.05, 3.63) is 74.7 Å². The van der Waals surface area contributed by atoms with Gasteiger partial charge in [0.15, 0.2) is 5.69 Å². The van der Waals surface area contributed by atoms with Crippen LogP contribution in [-0.2, 0) is 17.9 Å². The molecule has 11 nitrogen and oxygen atoms in total. The molecular formula is C26H31N3O8. The van der Waals surface area contributed by atoms with Crippen LogP contribution in [0.25, 0.3) is 11.0 Å². The number of aliphatic hydroxyl groups is 4. The molecule has 198 valence electrons. The van der Waals surface area contributed by atoms with E-state index in [1.54, 1.807) is 43.3 Å². The van der Waals surface area contributed by atoms with Crippen LogP contribution in [0.3, 0.4) is 0 Å². The largest absolute Gasteiger partial charge is 0.481 e. The Kier molecular flexibility index (Phi) is 8.77. The zero-order valence-electron chi connectivity index (χ0n) is 20.8. The molecular weight excluding hydrogens is 482 g/mol. The summed E-state index contributed by atoms with van der Waals surface area (Å²) < 4.78 is 1.11. The van der Waals surface area contributed by atoms with Crippen LogP contribution in [0.1, 0.15) is 45.6 Å². The lowest BCUT2D eigenvalue weighted by atomic mass is 10.00. The lowest BCUT2D eigenvalue weighted by molar-refractivity contribution is -0.138. The van der Waals surface area contributed by atoms with E-state index >= 15 is 0 Å². The number of fused-ring (bicyclic) bond motifs is 1. The first-order chi connectivity index (χ1) is 17.4. The summed E-state index contributed by atoms with van der Waals surface area (Å²) >= 11 is 0. The second kappa shape index (κ2) is 11.6. The first-order valence-electron chi connectivity index (χ1n) is 11.7. The van der Waals surface area contributed by atoms with Crippen molar-refractivity contribution in [3.8, 4) is 0 Å². The highest BCUT2D eigenvalue weighted by Gasteiger charge is 2.27. The van der Waals surface area contributed by atoms with Crippen molar-refractivity contribution in [2.45, 2.75) is 58.1 Å². The summed E-state index contributed by atoms with van der Waals surface area (Å²) in [5, 5.41) is 51.0. The van der Waals surface area contributed by atoms with Gasteiger partial charge in [0.1, 0.15) is 18.3 Å². The molecule has 0 saturated carbocycles. The van der Waals surface area contributed by atoms with Crippen LogP contribution in [0.5, 0.6) is 0 Å². The Morgan fingerprint density at radius 3 is 2.24 bits per heavy atom. The zero-order valence-corrected chi connectivity index (χ0v) is 20.8. The van der Waals surface area contributed by atoms with Gasteiger partial charge in [-0.05, 0) is 55.2 Å². The maximum absolute atomic E-state index is 13.3.